The van der Waals surface area contributed by atoms with Crippen LogP contribution in [-0.2, 0) is 0 Å². The second-order valence-electron chi connectivity index (χ2n) is 2.80. The molecule has 1 aromatic carbocycles. The first-order valence-electron chi connectivity index (χ1n) is 4.43. The molecule has 2 aromatic rings. The van der Waals surface area contributed by atoms with E-state index >= 15 is 0 Å². The van der Waals surface area contributed by atoms with Gasteiger partial charge in [0.05, 0.1) is 17.8 Å². The average molecular weight is 218 g/mol. The van der Waals surface area contributed by atoms with E-state index < -0.39 is 0 Å². The Morgan fingerprint density at radius 1 is 1.27 bits per heavy atom. The molecule has 0 aliphatic heterocycles. The van der Waals surface area contributed by atoms with Crippen LogP contribution < -0.4 is 0 Å². The van der Waals surface area contributed by atoms with Gasteiger partial charge >= 0.3 is 0 Å². The molecule has 0 amide bonds. The smallest absolute Gasteiger partial charge is 0.137 e. The van der Waals surface area contributed by atoms with Gasteiger partial charge in [0.2, 0.25) is 0 Å². The molecule has 0 bridgehead atoms. The molecule has 0 radical (unpaired) electrons. The first kappa shape index (κ1) is 9.75. The Morgan fingerprint density at radius 3 is 2.80 bits per heavy atom. The van der Waals surface area contributed by atoms with Crippen LogP contribution in [0.25, 0.3) is 5.69 Å². The van der Waals surface area contributed by atoms with E-state index in [4.69, 9.17) is 11.6 Å². The second-order valence-corrected chi connectivity index (χ2v) is 3.07. The van der Waals surface area contributed by atoms with Gasteiger partial charge in [-0.2, -0.15) is 0 Å². The lowest BCUT2D eigenvalue weighted by molar-refractivity contribution is 0.797. The number of benzene rings is 1. The first-order valence-corrected chi connectivity index (χ1v) is 4.96. The van der Waals surface area contributed by atoms with E-state index in [0.717, 1.165) is 11.4 Å². The number of nitrogens with zero attached hydrogens (tertiary/aromatic N) is 3. The summed E-state index contributed by atoms with van der Waals surface area (Å²) in [5, 5.41) is 7.78. The normalized spacial score (nSPS) is 9.40. The Balaban J connectivity index is 2.42. The first-order chi connectivity index (χ1) is 7.42. The summed E-state index contributed by atoms with van der Waals surface area (Å²) >= 11 is 5.49. The number of rotatable bonds is 1. The van der Waals surface area contributed by atoms with Crippen LogP contribution in [0.5, 0.6) is 0 Å². The van der Waals surface area contributed by atoms with E-state index in [1.165, 1.54) is 0 Å². The highest BCUT2D eigenvalue weighted by Gasteiger charge is 2.01. The standard InChI is InChI=1S/C11H8ClN3/c12-8-4-7-11-9-13-14-15(11)10-5-2-1-3-6-10/h1-3,5-6,9H,8H2. The highest BCUT2D eigenvalue weighted by atomic mass is 35.5. The van der Waals surface area contributed by atoms with E-state index in [0.29, 0.717) is 5.88 Å². The lowest BCUT2D eigenvalue weighted by Crippen LogP contribution is -1.99. The van der Waals surface area contributed by atoms with Gasteiger partial charge in [-0.05, 0) is 18.1 Å². The molecule has 4 heteroatoms. The monoisotopic (exact) mass is 217 g/mol. The fourth-order valence-electron chi connectivity index (χ4n) is 1.20. The minimum absolute atomic E-state index is 0.306. The summed E-state index contributed by atoms with van der Waals surface area (Å²) in [7, 11) is 0. The van der Waals surface area contributed by atoms with Crippen LogP contribution in [0.1, 0.15) is 5.69 Å². The topological polar surface area (TPSA) is 30.7 Å². The summed E-state index contributed by atoms with van der Waals surface area (Å²) in [6.07, 6.45) is 1.62. The number of aromatic nitrogens is 3. The lowest BCUT2D eigenvalue weighted by atomic mass is 10.3. The molecule has 1 aromatic heterocycles. The third kappa shape index (κ3) is 2.17. The maximum absolute atomic E-state index is 5.49. The highest BCUT2D eigenvalue weighted by molar-refractivity contribution is 6.19. The number of halogens is 1. The Bertz CT molecular complexity index is 493. The van der Waals surface area contributed by atoms with Gasteiger partial charge in [0.25, 0.3) is 0 Å². The summed E-state index contributed by atoms with van der Waals surface area (Å²) in [6, 6.07) is 9.72. The average Bonchev–Trinajstić information content (AvgIpc) is 2.75. The van der Waals surface area contributed by atoms with Crippen molar-refractivity contribution in [2.45, 2.75) is 0 Å². The maximum atomic E-state index is 5.49. The van der Waals surface area contributed by atoms with Crippen molar-refractivity contribution in [2.24, 2.45) is 0 Å². The van der Waals surface area contributed by atoms with Gasteiger partial charge < -0.3 is 0 Å². The van der Waals surface area contributed by atoms with Crippen LogP contribution >= 0.6 is 11.6 Å². The molecule has 0 saturated carbocycles. The largest absolute Gasteiger partial charge is 0.205 e. The molecule has 0 spiro atoms. The van der Waals surface area contributed by atoms with Gasteiger partial charge in [-0.15, -0.1) is 16.7 Å². The quantitative estimate of drug-likeness (QED) is 0.539. The number of hydrogen-bond acceptors (Lipinski definition) is 2. The molecule has 0 aliphatic rings. The molecule has 15 heavy (non-hydrogen) atoms. The molecule has 0 unspecified atom stereocenters. The molecule has 0 atom stereocenters. The zero-order valence-electron chi connectivity index (χ0n) is 7.89. The van der Waals surface area contributed by atoms with E-state index in [-0.39, 0.29) is 0 Å². The van der Waals surface area contributed by atoms with Gasteiger partial charge in [0.1, 0.15) is 5.69 Å². The van der Waals surface area contributed by atoms with Gasteiger partial charge in [0.15, 0.2) is 0 Å². The highest BCUT2D eigenvalue weighted by Crippen LogP contribution is 2.07. The zero-order chi connectivity index (χ0) is 10.5. The Kier molecular flexibility index (Phi) is 3.01. The number of hydrogen-bond donors (Lipinski definition) is 0. The lowest BCUT2D eigenvalue weighted by Gasteiger charge is -2.00. The van der Waals surface area contributed by atoms with E-state index in [1.54, 1.807) is 10.9 Å². The van der Waals surface area contributed by atoms with Crippen molar-refractivity contribution in [1.29, 1.82) is 0 Å². The summed E-state index contributed by atoms with van der Waals surface area (Å²) in [4.78, 5) is 0. The van der Waals surface area contributed by atoms with Crippen LogP contribution in [0.2, 0.25) is 0 Å². The molecule has 2 rings (SSSR count). The zero-order valence-corrected chi connectivity index (χ0v) is 8.65. The van der Waals surface area contributed by atoms with Crippen molar-refractivity contribution in [3.05, 3.63) is 42.2 Å². The van der Waals surface area contributed by atoms with Crippen LogP contribution in [0.15, 0.2) is 36.5 Å². The maximum Gasteiger partial charge on any atom is 0.137 e. The molecule has 0 N–H and O–H groups in total. The molecular formula is C11H8ClN3. The van der Waals surface area contributed by atoms with Crippen LogP contribution in [0, 0.1) is 11.8 Å². The van der Waals surface area contributed by atoms with Crippen molar-refractivity contribution in [3.8, 4) is 17.5 Å². The second kappa shape index (κ2) is 4.63. The van der Waals surface area contributed by atoms with Crippen molar-refractivity contribution >= 4 is 11.6 Å². The molecule has 1 heterocycles. The predicted octanol–water partition coefficient (Wildman–Crippen LogP) is 1.86. The van der Waals surface area contributed by atoms with E-state index in [9.17, 15) is 0 Å². The summed E-state index contributed by atoms with van der Waals surface area (Å²) in [6.45, 7) is 0. The SMILES string of the molecule is ClCC#Cc1cnnn1-c1ccccc1. The number of alkyl halides is 1. The molecule has 0 aliphatic carbocycles. The fourth-order valence-corrected chi connectivity index (χ4v) is 1.27. The van der Waals surface area contributed by atoms with Gasteiger partial charge in [-0.3, -0.25) is 0 Å². The number of para-hydroxylation sites is 1. The molecule has 0 fully saturated rings. The Labute approximate surface area is 92.7 Å². The molecular weight excluding hydrogens is 210 g/mol. The molecule has 3 nitrogen and oxygen atoms in total. The van der Waals surface area contributed by atoms with Crippen molar-refractivity contribution in [2.75, 3.05) is 5.88 Å². The van der Waals surface area contributed by atoms with E-state index in [2.05, 4.69) is 22.2 Å². The van der Waals surface area contributed by atoms with Crippen molar-refractivity contribution in [3.63, 3.8) is 0 Å². The van der Waals surface area contributed by atoms with Crippen molar-refractivity contribution in [1.82, 2.24) is 15.0 Å². The third-order valence-electron chi connectivity index (χ3n) is 1.83. The van der Waals surface area contributed by atoms with Crippen LogP contribution in [0.3, 0.4) is 0 Å². The Morgan fingerprint density at radius 2 is 2.07 bits per heavy atom. The minimum Gasteiger partial charge on any atom is -0.205 e. The van der Waals surface area contributed by atoms with E-state index in [1.807, 2.05) is 30.3 Å². The summed E-state index contributed by atoms with van der Waals surface area (Å²) < 4.78 is 1.68. The van der Waals surface area contributed by atoms with Gasteiger partial charge in [-0.25, -0.2) is 4.68 Å². The Hall–Kier alpha value is -1.79. The van der Waals surface area contributed by atoms with Gasteiger partial charge in [0, 0.05) is 0 Å². The van der Waals surface area contributed by atoms with Crippen LogP contribution in [-0.4, -0.2) is 20.9 Å². The third-order valence-corrected chi connectivity index (χ3v) is 1.97. The molecule has 0 saturated heterocycles. The van der Waals surface area contributed by atoms with Crippen LogP contribution in [0.4, 0.5) is 0 Å². The van der Waals surface area contributed by atoms with Gasteiger partial charge in [-0.1, -0.05) is 29.3 Å². The summed E-state index contributed by atoms with van der Waals surface area (Å²) in [5.41, 5.74) is 1.68. The predicted molar refractivity (Wildman–Crippen MR) is 59.0 cm³/mol. The fraction of sp³-hybridized carbons (Fsp3) is 0.0909. The minimum atomic E-state index is 0.306. The summed E-state index contributed by atoms with van der Waals surface area (Å²) in [5.74, 6) is 5.98. The molecule has 74 valence electrons. The van der Waals surface area contributed by atoms with Crippen molar-refractivity contribution < 1.29 is 0 Å².